The van der Waals surface area contributed by atoms with Crippen molar-refractivity contribution in [2.75, 3.05) is 11.5 Å². The Bertz CT molecular complexity index is 683. The lowest BCUT2D eigenvalue weighted by molar-refractivity contribution is -0.151. The third kappa shape index (κ3) is 3.85. The first kappa shape index (κ1) is 15.6. The summed E-state index contributed by atoms with van der Waals surface area (Å²) in [6, 6.07) is 4.76. The van der Waals surface area contributed by atoms with Crippen molar-refractivity contribution >= 4 is 34.3 Å². The Morgan fingerprint density at radius 3 is 2.86 bits per heavy atom. The van der Waals surface area contributed by atoms with Gasteiger partial charge in [-0.25, -0.2) is 4.39 Å². The highest BCUT2D eigenvalue weighted by Crippen LogP contribution is 2.33. The second kappa shape index (κ2) is 5.89. The van der Waals surface area contributed by atoms with Crippen LogP contribution in [-0.4, -0.2) is 22.3 Å². The number of rotatable bonds is 3. The van der Waals surface area contributed by atoms with Crippen LogP contribution in [0.25, 0.3) is 10.9 Å². The molecule has 0 aliphatic rings. The van der Waals surface area contributed by atoms with Crippen LogP contribution in [0, 0.1) is 5.82 Å². The minimum atomic E-state index is -0.558. The normalized spacial score (nSPS) is 11.6. The number of thioether (sulfide) groups is 1. The molecule has 0 saturated carbocycles. The van der Waals surface area contributed by atoms with E-state index in [1.54, 1.807) is 39.1 Å². The number of aromatic nitrogens is 1. The average molecular weight is 308 g/mol. The van der Waals surface area contributed by atoms with Crippen molar-refractivity contribution in [3.8, 4) is 0 Å². The minimum Gasteiger partial charge on any atom is -0.459 e. The summed E-state index contributed by atoms with van der Waals surface area (Å²) in [7, 11) is 0. The van der Waals surface area contributed by atoms with Gasteiger partial charge in [-0.05, 0) is 39.0 Å². The van der Waals surface area contributed by atoms with Crippen LogP contribution in [0.4, 0.5) is 10.1 Å². The number of halogens is 1. The summed E-state index contributed by atoms with van der Waals surface area (Å²) in [6.45, 7) is 5.36. The third-order valence-corrected chi connectivity index (χ3v) is 3.64. The summed E-state index contributed by atoms with van der Waals surface area (Å²) < 4.78 is 19.3. The molecule has 21 heavy (non-hydrogen) atoms. The third-order valence-electron chi connectivity index (χ3n) is 2.59. The number of nitrogen functional groups attached to an aromatic ring is 1. The maximum atomic E-state index is 14.1. The van der Waals surface area contributed by atoms with E-state index in [9.17, 15) is 9.18 Å². The number of anilines is 1. The summed E-state index contributed by atoms with van der Waals surface area (Å²) in [5, 5.41) is 0.672. The second-order valence-corrected chi connectivity index (χ2v) is 6.54. The van der Waals surface area contributed by atoms with E-state index < -0.39 is 17.4 Å². The van der Waals surface area contributed by atoms with E-state index in [0.29, 0.717) is 21.5 Å². The molecule has 6 heteroatoms. The zero-order valence-electron chi connectivity index (χ0n) is 12.1. The number of hydrogen-bond acceptors (Lipinski definition) is 5. The summed E-state index contributed by atoms with van der Waals surface area (Å²) in [4.78, 5) is 16.2. The van der Waals surface area contributed by atoms with Crippen molar-refractivity contribution in [2.45, 2.75) is 31.3 Å². The molecule has 0 spiro atoms. The smallest absolute Gasteiger partial charge is 0.316 e. The number of hydrogen-bond donors (Lipinski definition) is 1. The Morgan fingerprint density at radius 1 is 1.48 bits per heavy atom. The van der Waals surface area contributed by atoms with E-state index in [1.165, 1.54) is 6.07 Å². The second-order valence-electron chi connectivity index (χ2n) is 5.55. The quantitative estimate of drug-likeness (QED) is 0.535. The number of nitrogens with zero attached hydrogens (tertiary/aromatic N) is 1. The van der Waals surface area contributed by atoms with Crippen LogP contribution in [0.1, 0.15) is 20.8 Å². The average Bonchev–Trinajstić information content (AvgIpc) is 2.36. The molecule has 0 saturated heterocycles. The molecule has 2 aromatic rings. The molecule has 1 aromatic carbocycles. The number of pyridine rings is 1. The Balaban J connectivity index is 2.25. The van der Waals surface area contributed by atoms with E-state index in [2.05, 4.69) is 4.98 Å². The van der Waals surface area contributed by atoms with E-state index in [-0.39, 0.29) is 5.75 Å². The van der Waals surface area contributed by atoms with Gasteiger partial charge >= 0.3 is 5.97 Å². The minimum absolute atomic E-state index is 0.0176. The van der Waals surface area contributed by atoms with Crippen LogP contribution in [0.3, 0.4) is 0 Å². The Hall–Kier alpha value is -1.82. The fourth-order valence-corrected chi connectivity index (χ4v) is 2.67. The van der Waals surface area contributed by atoms with E-state index >= 15 is 0 Å². The standard InChI is InChI=1S/C15H17FN2O2S/c1-15(2,3)20-12(19)8-21-14-10(16)7-11(17)9-5-4-6-18-13(9)14/h4-7H,8,17H2,1-3H3. The maximum Gasteiger partial charge on any atom is 0.316 e. The lowest BCUT2D eigenvalue weighted by atomic mass is 10.2. The number of carbonyl (C=O) groups excluding carboxylic acids is 1. The number of nitrogens with two attached hydrogens (primary N) is 1. The van der Waals surface area contributed by atoms with Crippen LogP contribution in [0.2, 0.25) is 0 Å². The van der Waals surface area contributed by atoms with Gasteiger partial charge in [0.15, 0.2) is 0 Å². The predicted octanol–water partition coefficient (Wildman–Crippen LogP) is 3.39. The zero-order valence-corrected chi connectivity index (χ0v) is 13.0. The topological polar surface area (TPSA) is 65.2 Å². The van der Waals surface area contributed by atoms with E-state index in [1.807, 2.05) is 0 Å². The molecule has 0 aliphatic heterocycles. The van der Waals surface area contributed by atoms with Gasteiger partial charge in [0, 0.05) is 17.3 Å². The predicted molar refractivity (Wildman–Crippen MR) is 82.7 cm³/mol. The van der Waals surface area contributed by atoms with Crippen molar-refractivity contribution in [3.05, 3.63) is 30.2 Å². The van der Waals surface area contributed by atoms with Gasteiger partial charge in [0.1, 0.15) is 11.4 Å². The SMILES string of the molecule is CC(C)(C)OC(=O)CSc1c(F)cc(N)c2cccnc12. The Labute approximate surface area is 126 Å². The van der Waals surface area contributed by atoms with Crippen molar-refractivity contribution in [2.24, 2.45) is 0 Å². The molecule has 0 amide bonds. The number of benzene rings is 1. The molecule has 0 radical (unpaired) electrons. The summed E-state index contributed by atoms with van der Waals surface area (Å²) >= 11 is 1.07. The number of ether oxygens (including phenoxy) is 1. The molecule has 2 rings (SSSR count). The summed E-state index contributed by atoms with van der Waals surface area (Å²) in [5.74, 6) is -0.857. The number of carbonyl (C=O) groups is 1. The summed E-state index contributed by atoms with van der Waals surface area (Å²) in [5.41, 5.74) is 6.02. The molecule has 0 unspecified atom stereocenters. The molecule has 1 heterocycles. The van der Waals surface area contributed by atoms with Crippen LogP contribution < -0.4 is 5.73 Å². The molecular formula is C15H17FN2O2S. The largest absolute Gasteiger partial charge is 0.459 e. The molecule has 0 fully saturated rings. The van der Waals surface area contributed by atoms with Gasteiger partial charge in [0.05, 0.1) is 16.2 Å². The fraction of sp³-hybridized carbons (Fsp3) is 0.333. The molecule has 0 aliphatic carbocycles. The first-order chi connectivity index (χ1) is 9.78. The maximum absolute atomic E-state index is 14.1. The van der Waals surface area contributed by atoms with Crippen molar-refractivity contribution in [1.29, 1.82) is 0 Å². The highest BCUT2D eigenvalue weighted by atomic mass is 32.2. The highest BCUT2D eigenvalue weighted by molar-refractivity contribution is 8.00. The first-order valence-corrected chi connectivity index (χ1v) is 7.44. The summed E-state index contributed by atoms with van der Waals surface area (Å²) in [6.07, 6.45) is 1.57. The fourth-order valence-electron chi connectivity index (χ4n) is 1.85. The first-order valence-electron chi connectivity index (χ1n) is 6.45. The van der Waals surface area contributed by atoms with E-state index in [0.717, 1.165) is 11.8 Å². The van der Waals surface area contributed by atoms with Crippen LogP contribution in [0.5, 0.6) is 0 Å². The molecule has 2 N–H and O–H groups in total. The van der Waals surface area contributed by atoms with Gasteiger partial charge in [0.2, 0.25) is 0 Å². The van der Waals surface area contributed by atoms with Crippen LogP contribution >= 0.6 is 11.8 Å². The lowest BCUT2D eigenvalue weighted by Crippen LogP contribution is -2.24. The van der Waals surface area contributed by atoms with Gasteiger partial charge in [-0.2, -0.15) is 0 Å². The van der Waals surface area contributed by atoms with Gasteiger partial charge in [-0.1, -0.05) is 0 Å². The number of fused-ring (bicyclic) bond motifs is 1. The lowest BCUT2D eigenvalue weighted by Gasteiger charge is -2.19. The molecule has 1 aromatic heterocycles. The van der Waals surface area contributed by atoms with Crippen LogP contribution in [-0.2, 0) is 9.53 Å². The van der Waals surface area contributed by atoms with Gasteiger partial charge < -0.3 is 10.5 Å². The van der Waals surface area contributed by atoms with Gasteiger partial charge in [-0.3, -0.25) is 9.78 Å². The number of esters is 1. The molecule has 112 valence electrons. The molecule has 4 nitrogen and oxygen atoms in total. The Morgan fingerprint density at radius 2 is 2.19 bits per heavy atom. The van der Waals surface area contributed by atoms with Crippen LogP contribution in [0.15, 0.2) is 29.3 Å². The molecular weight excluding hydrogens is 291 g/mol. The molecule has 0 atom stereocenters. The van der Waals surface area contributed by atoms with E-state index in [4.69, 9.17) is 10.5 Å². The highest BCUT2D eigenvalue weighted by Gasteiger charge is 2.18. The van der Waals surface area contributed by atoms with Gasteiger partial charge in [-0.15, -0.1) is 11.8 Å². The van der Waals surface area contributed by atoms with Crippen molar-refractivity contribution < 1.29 is 13.9 Å². The monoisotopic (exact) mass is 308 g/mol. The molecule has 0 bridgehead atoms. The van der Waals surface area contributed by atoms with Crippen molar-refractivity contribution in [1.82, 2.24) is 4.98 Å². The van der Waals surface area contributed by atoms with Crippen molar-refractivity contribution in [3.63, 3.8) is 0 Å². The zero-order chi connectivity index (χ0) is 15.6. The van der Waals surface area contributed by atoms with Gasteiger partial charge in [0.25, 0.3) is 0 Å². The Kier molecular flexibility index (Phi) is 4.37.